The summed E-state index contributed by atoms with van der Waals surface area (Å²) in [7, 11) is -3.41. The smallest absolute Gasteiger partial charge is 0.207 e. The van der Waals surface area contributed by atoms with E-state index in [0.29, 0.717) is 30.5 Å². The molecule has 20 heavy (non-hydrogen) atoms. The average molecular weight is 292 g/mol. The van der Waals surface area contributed by atoms with E-state index in [4.69, 9.17) is 5.26 Å². The van der Waals surface area contributed by atoms with Crippen molar-refractivity contribution in [3.8, 4) is 6.07 Å². The van der Waals surface area contributed by atoms with Crippen LogP contribution in [0, 0.1) is 23.2 Å². The SMILES string of the molecule is CC(C)C1CCN(S(=O)(=O)c2ccc(C#N)cc2)CC1. The second kappa shape index (κ2) is 5.94. The molecule has 5 heteroatoms. The summed E-state index contributed by atoms with van der Waals surface area (Å²) in [6.45, 7) is 5.56. The second-order valence-corrected chi connectivity index (χ2v) is 7.56. The third-order valence-corrected chi connectivity index (χ3v) is 5.98. The number of benzene rings is 1. The molecule has 0 aliphatic carbocycles. The molecule has 1 aliphatic rings. The molecule has 2 rings (SSSR count). The highest BCUT2D eigenvalue weighted by atomic mass is 32.2. The Labute approximate surface area is 121 Å². The Morgan fingerprint density at radius 2 is 1.75 bits per heavy atom. The molecule has 0 spiro atoms. The first kappa shape index (κ1) is 15.0. The molecule has 0 amide bonds. The van der Waals surface area contributed by atoms with Gasteiger partial charge in [-0.1, -0.05) is 13.8 Å². The Hall–Kier alpha value is -1.38. The van der Waals surface area contributed by atoms with Crippen LogP contribution in [0.15, 0.2) is 29.2 Å². The molecule has 0 atom stereocenters. The molecule has 0 saturated carbocycles. The first-order chi connectivity index (χ1) is 9.45. The van der Waals surface area contributed by atoms with E-state index >= 15 is 0 Å². The first-order valence-corrected chi connectivity index (χ1v) is 8.39. The van der Waals surface area contributed by atoms with Crippen molar-refractivity contribution >= 4 is 10.0 Å². The van der Waals surface area contributed by atoms with Crippen LogP contribution in [0.1, 0.15) is 32.3 Å². The van der Waals surface area contributed by atoms with Crippen molar-refractivity contribution in [3.63, 3.8) is 0 Å². The van der Waals surface area contributed by atoms with Crippen molar-refractivity contribution in [3.05, 3.63) is 29.8 Å². The molecule has 0 radical (unpaired) electrons. The first-order valence-electron chi connectivity index (χ1n) is 6.95. The van der Waals surface area contributed by atoms with Gasteiger partial charge in [0, 0.05) is 13.1 Å². The molecule has 0 aromatic heterocycles. The summed E-state index contributed by atoms with van der Waals surface area (Å²) in [5.41, 5.74) is 0.475. The minimum atomic E-state index is -3.41. The molecule has 0 bridgehead atoms. The van der Waals surface area contributed by atoms with Gasteiger partial charge >= 0.3 is 0 Å². The van der Waals surface area contributed by atoms with E-state index in [-0.39, 0.29) is 4.90 Å². The fraction of sp³-hybridized carbons (Fsp3) is 0.533. The molecule has 1 aliphatic heterocycles. The predicted octanol–water partition coefficient (Wildman–Crippen LogP) is 2.61. The van der Waals surface area contributed by atoms with Gasteiger partial charge in [-0.15, -0.1) is 0 Å². The summed E-state index contributed by atoms with van der Waals surface area (Å²) in [4.78, 5) is 0.277. The van der Waals surface area contributed by atoms with Crippen LogP contribution in [0.4, 0.5) is 0 Å². The lowest BCUT2D eigenvalue weighted by Crippen LogP contribution is -2.39. The number of rotatable bonds is 3. The fourth-order valence-electron chi connectivity index (χ4n) is 2.63. The van der Waals surface area contributed by atoms with Gasteiger partial charge in [-0.3, -0.25) is 0 Å². The number of nitriles is 1. The van der Waals surface area contributed by atoms with Crippen LogP contribution < -0.4 is 0 Å². The zero-order valence-corrected chi connectivity index (χ0v) is 12.7. The molecular weight excluding hydrogens is 272 g/mol. The molecule has 1 heterocycles. The maximum atomic E-state index is 12.5. The summed E-state index contributed by atoms with van der Waals surface area (Å²) < 4.78 is 26.6. The normalized spacial score (nSPS) is 18.1. The van der Waals surface area contributed by atoms with Gasteiger partial charge in [-0.25, -0.2) is 8.42 Å². The summed E-state index contributed by atoms with van der Waals surface area (Å²) in [6, 6.07) is 8.13. The Morgan fingerprint density at radius 1 is 1.20 bits per heavy atom. The van der Waals surface area contributed by atoms with Crippen molar-refractivity contribution < 1.29 is 8.42 Å². The predicted molar refractivity (Wildman–Crippen MR) is 77.5 cm³/mol. The van der Waals surface area contributed by atoms with E-state index in [2.05, 4.69) is 13.8 Å². The van der Waals surface area contributed by atoms with Crippen LogP contribution in [-0.4, -0.2) is 25.8 Å². The zero-order valence-electron chi connectivity index (χ0n) is 11.9. The highest BCUT2D eigenvalue weighted by molar-refractivity contribution is 7.89. The number of sulfonamides is 1. The highest BCUT2D eigenvalue weighted by Crippen LogP contribution is 2.28. The molecular formula is C15H20N2O2S. The maximum Gasteiger partial charge on any atom is 0.243 e. The van der Waals surface area contributed by atoms with Crippen LogP contribution >= 0.6 is 0 Å². The number of nitrogens with zero attached hydrogens (tertiary/aromatic N) is 2. The Balaban J connectivity index is 2.13. The minimum absolute atomic E-state index is 0.277. The molecule has 1 saturated heterocycles. The standard InChI is InChI=1S/C15H20N2O2S/c1-12(2)14-7-9-17(10-8-14)20(18,19)15-5-3-13(11-16)4-6-15/h3-6,12,14H,7-10H2,1-2H3. The summed E-state index contributed by atoms with van der Waals surface area (Å²) >= 11 is 0. The second-order valence-electron chi connectivity index (χ2n) is 5.62. The van der Waals surface area contributed by atoms with Crippen molar-refractivity contribution in [2.75, 3.05) is 13.1 Å². The van der Waals surface area contributed by atoms with Crippen molar-refractivity contribution in [2.45, 2.75) is 31.6 Å². The summed E-state index contributed by atoms with van der Waals surface area (Å²) in [5.74, 6) is 1.22. The van der Waals surface area contributed by atoms with E-state index in [1.54, 1.807) is 16.4 Å². The van der Waals surface area contributed by atoms with Crippen molar-refractivity contribution in [1.82, 2.24) is 4.31 Å². The maximum absolute atomic E-state index is 12.5. The Morgan fingerprint density at radius 3 is 2.20 bits per heavy atom. The van der Waals surface area contributed by atoms with Gasteiger partial charge in [0.2, 0.25) is 10.0 Å². The summed E-state index contributed by atoms with van der Waals surface area (Å²) in [6.07, 6.45) is 1.85. The van der Waals surface area contributed by atoms with E-state index in [0.717, 1.165) is 12.8 Å². The van der Waals surface area contributed by atoms with Gasteiger partial charge in [-0.2, -0.15) is 9.57 Å². The lowest BCUT2D eigenvalue weighted by atomic mass is 9.87. The minimum Gasteiger partial charge on any atom is -0.207 e. The van der Waals surface area contributed by atoms with Gasteiger partial charge < -0.3 is 0 Å². The fourth-order valence-corrected chi connectivity index (χ4v) is 4.10. The van der Waals surface area contributed by atoms with E-state index in [1.165, 1.54) is 12.1 Å². The molecule has 0 N–H and O–H groups in total. The number of piperidine rings is 1. The zero-order chi connectivity index (χ0) is 14.8. The Kier molecular flexibility index (Phi) is 4.46. The molecule has 1 aromatic carbocycles. The molecule has 4 nitrogen and oxygen atoms in total. The van der Waals surface area contributed by atoms with Gasteiger partial charge in [0.1, 0.15) is 0 Å². The van der Waals surface area contributed by atoms with Crippen LogP contribution in [0.3, 0.4) is 0 Å². The quantitative estimate of drug-likeness (QED) is 0.860. The number of hydrogen-bond acceptors (Lipinski definition) is 3. The van der Waals surface area contributed by atoms with Crippen molar-refractivity contribution in [2.24, 2.45) is 11.8 Å². The molecule has 1 fully saturated rings. The summed E-state index contributed by atoms with van der Waals surface area (Å²) in [5, 5.41) is 8.75. The van der Waals surface area contributed by atoms with E-state index in [9.17, 15) is 8.42 Å². The van der Waals surface area contributed by atoms with Crippen molar-refractivity contribution in [1.29, 1.82) is 5.26 Å². The highest BCUT2D eigenvalue weighted by Gasteiger charge is 2.30. The van der Waals surface area contributed by atoms with Crippen LogP contribution in [0.2, 0.25) is 0 Å². The van der Waals surface area contributed by atoms with Crippen LogP contribution in [-0.2, 0) is 10.0 Å². The third kappa shape index (κ3) is 3.02. The lowest BCUT2D eigenvalue weighted by Gasteiger charge is -2.33. The molecule has 108 valence electrons. The largest absolute Gasteiger partial charge is 0.243 e. The monoisotopic (exact) mass is 292 g/mol. The Bertz CT molecular complexity index is 592. The van der Waals surface area contributed by atoms with Gasteiger partial charge in [0.25, 0.3) is 0 Å². The van der Waals surface area contributed by atoms with Gasteiger partial charge in [0.15, 0.2) is 0 Å². The van der Waals surface area contributed by atoms with E-state index in [1.807, 2.05) is 6.07 Å². The average Bonchev–Trinajstić information content (AvgIpc) is 2.47. The van der Waals surface area contributed by atoms with Gasteiger partial charge in [-0.05, 0) is 48.9 Å². The molecule has 1 aromatic rings. The number of hydrogen-bond donors (Lipinski definition) is 0. The lowest BCUT2D eigenvalue weighted by molar-refractivity contribution is 0.226. The topological polar surface area (TPSA) is 61.2 Å². The third-order valence-electron chi connectivity index (χ3n) is 4.06. The van der Waals surface area contributed by atoms with E-state index < -0.39 is 10.0 Å². The van der Waals surface area contributed by atoms with Crippen LogP contribution in [0.25, 0.3) is 0 Å². The van der Waals surface area contributed by atoms with Gasteiger partial charge in [0.05, 0.1) is 16.5 Å². The van der Waals surface area contributed by atoms with Crippen LogP contribution in [0.5, 0.6) is 0 Å². The molecule has 0 unspecified atom stereocenters.